The SMILES string of the molecule is CSc1cc(N)cc(C(C)(C)C)c1. The van der Waals surface area contributed by atoms with Gasteiger partial charge in [-0.3, -0.25) is 0 Å². The maximum absolute atomic E-state index is 5.82. The average Bonchev–Trinajstić information content (AvgIpc) is 2.01. The average molecular weight is 195 g/mol. The molecule has 0 radical (unpaired) electrons. The Labute approximate surface area is 84.7 Å². The lowest BCUT2D eigenvalue weighted by atomic mass is 9.87. The summed E-state index contributed by atoms with van der Waals surface area (Å²) >= 11 is 1.73. The fraction of sp³-hybridized carbons (Fsp3) is 0.455. The molecule has 0 aromatic heterocycles. The van der Waals surface area contributed by atoms with Crippen LogP contribution in [0.3, 0.4) is 0 Å². The Morgan fingerprint density at radius 2 is 1.77 bits per heavy atom. The van der Waals surface area contributed by atoms with Crippen molar-refractivity contribution in [3.05, 3.63) is 23.8 Å². The molecule has 0 fully saturated rings. The summed E-state index contributed by atoms with van der Waals surface area (Å²) in [6.45, 7) is 6.60. The highest BCUT2D eigenvalue weighted by atomic mass is 32.2. The molecule has 0 saturated heterocycles. The molecule has 1 nitrogen and oxygen atoms in total. The lowest BCUT2D eigenvalue weighted by Gasteiger charge is -2.20. The van der Waals surface area contributed by atoms with Crippen molar-refractivity contribution in [3.8, 4) is 0 Å². The number of rotatable bonds is 1. The number of nitrogen functional groups attached to an aromatic ring is 1. The summed E-state index contributed by atoms with van der Waals surface area (Å²) in [5, 5.41) is 0. The molecule has 0 atom stereocenters. The van der Waals surface area contributed by atoms with Crippen LogP contribution in [0.25, 0.3) is 0 Å². The molecule has 2 heteroatoms. The summed E-state index contributed by atoms with van der Waals surface area (Å²) < 4.78 is 0. The van der Waals surface area contributed by atoms with Gasteiger partial charge in [-0.1, -0.05) is 20.8 Å². The quantitative estimate of drug-likeness (QED) is 0.549. The van der Waals surface area contributed by atoms with Crippen LogP contribution < -0.4 is 5.73 Å². The Morgan fingerprint density at radius 1 is 1.15 bits per heavy atom. The van der Waals surface area contributed by atoms with Gasteiger partial charge in [0, 0.05) is 10.6 Å². The molecular weight excluding hydrogens is 178 g/mol. The van der Waals surface area contributed by atoms with Gasteiger partial charge in [-0.2, -0.15) is 0 Å². The van der Waals surface area contributed by atoms with Crippen molar-refractivity contribution in [1.29, 1.82) is 0 Å². The van der Waals surface area contributed by atoms with Crippen molar-refractivity contribution in [1.82, 2.24) is 0 Å². The van der Waals surface area contributed by atoms with Crippen LogP contribution >= 0.6 is 11.8 Å². The Morgan fingerprint density at radius 3 is 2.23 bits per heavy atom. The molecule has 0 saturated carbocycles. The maximum Gasteiger partial charge on any atom is 0.0328 e. The van der Waals surface area contributed by atoms with Crippen LogP contribution in [0.4, 0.5) is 5.69 Å². The summed E-state index contributed by atoms with van der Waals surface area (Å²) in [5.74, 6) is 0. The van der Waals surface area contributed by atoms with Gasteiger partial charge in [0.05, 0.1) is 0 Å². The molecule has 0 amide bonds. The predicted molar refractivity (Wildman–Crippen MR) is 61.3 cm³/mol. The summed E-state index contributed by atoms with van der Waals surface area (Å²) in [7, 11) is 0. The second kappa shape index (κ2) is 3.62. The minimum absolute atomic E-state index is 0.180. The first-order chi connectivity index (χ1) is 5.93. The van der Waals surface area contributed by atoms with Crippen LogP contribution in [-0.2, 0) is 5.41 Å². The zero-order chi connectivity index (χ0) is 10.1. The predicted octanol–water partition coefficient (Wildman–Crippen LogP) is 3.29. The third-order valence-corrected chi connectivity index (χ3v) is 2.74. The van der Waals surface area contributed by atoms with Gasteiger partial charge >= 0.3 is 0 Å². The lowest BCUT2D eigenvalue weighted by molar-refractivity contribution is 0.589. The minimum Gasteiger partial charge on any atom is -0.399 e. The van der Waals surface area contributed by atoms with Gasteiger partial charge < -0.3 is 5.73 Å². The number of benzene rings is 1. The first-order valence-corrected chi connectivity index (χ1v) is 5.61. The topological polar surface area (TPSA) is 26.0 Å². The first kappa shape index (κ1) is 10.5. The minimum atomic E-state index is 0.180. The Hall–Kier alpha value is -0.630. The highest BCUT2D eigenvalue weighted by molar-refractivity contribution is 7.98. The van der Waals surface area contributed by atoms with Gasteiger partial charge in [0.1, 0.15) is 0 Å². The van der Waals surface area contributed by atoms with Crippen molar-refractivity contribution in [2.45, 2.75) is 31.1 Å². The van der Waals surface area contributed by atoms with Crippen molar-refractivity contribution >= 4 is 17.4 Å². The van der Waals surface area contributed by atoms with Gasteiger partial charge in [-0.15, -0.1) is 11.8 Å². The number of hydrogen-bond acceptors (Lipinski definition) is 2. The molecular formula is C11H17NS. The molecule has 2 N–H and O–H groups in total. The standard InChI is InChI=1S/C11H17NS/c1-11(2,3)8-5-9(12)7-10(6-8)13-4/h5-7H,12H2,1-4H3. The number of thioether (sulfide) groups is 1. The fourth-order valence-corrected chi connectivity index (χ4v) is 1.67. The molecule has 0 bridgehead atoms. The molecule has 0 spiro atoms. The van der Waals surface area contributed by atoms with Crippen LogP contribution in [0.5, 0.6) is 0 Å². The van der Waals surface area contributed by atoms with Gasteiger partial charge in [0.25, 0.3) is 0 Å². The van der Waals surface area contributed by atoms with Gasteiger partial charge in [0.2, 0.25) is 0 Å². The molecule has 13 heavy (non-hydrogen) atoms. The zero-order valence-electron chi connectivity index (χ0n) is 8.72. The van der Waals surface area contributed by atoms with Gasteiger partial charge in [0.15, 0.2) is 0 Å². The summed E-state index contributed by atoms with van der Waals surface area (Å²) in [6, 6.07) is 6.28. The third-order valence-electron chi connectivity index (χ3n) is 2.03. The molecule has 72 valence electrons. The van der Waals surface area contributed by atoms with Crippen LogP contribution in [0.2, 0.25) is 0 Å². The normalized spacial score (nSPS) is 11.7. The fourth-order valence-electron chi connectivity index (χ4n) is 1.17. The maximum atomic E-state index is 5.82. The summed E-state index contributed by atoms with van der Waals surface area (Å²) in [5.41, 5.74) is 8.16. The van der Waals surface area contributed by atoms with E-state index in [0.29, 0.717) is 0 Å². The van der Waals surface area contributed by atoms with Crippen molar-refractivity contribution in [3.63, 3.8) is 0 Å². The van der Waals surface area contributed by atoms with E-state index in [9.17, 15) is 0 Å². The molecule has 1 rings (SSSR count). The van der Waals surface area contributed by atoms with Gasteiger partial charge in [-0.25, -0.2) is 0 Å². The summed E-state index contributed by atoms with van der Waals surface area (Å²) in [6.07, 6.45) is 2.07. The highest BCUT2D eigenvalue weighted by Gasteiger charge is 2.14. The van der Waals surface area contributed by atoms with E-state index in [0.717, 1.165) is 5.69 Å². The largest absolute Gasteiger partial charge is 0.399 e. The van der Waals surface area contributed by atoms with E-state index in [4.69, 9.17) is 5.73 Å². The van der Waals surface area contributed by atoms with Crippen LogP contribution in [0.1, 0.15) is 26.3 Å². The molecule has 1 aromatic carbocycles. The van der Waals surface area contributed by atoms with E-state index in [-0.39, 0.29) is 5.41 Å². The Kier molecular flexibility index (Phi) is 2.91. The second-order valence-corrected chi connectivity index (χ2v) is 5.12. The molecule has 0 aliphatic heterocycles. The Balaban J connectivity index is 3.16. The number of nitrogens with two attached hydrogens (primary N) is 1. The van der Waals surface area contributed by atoms with Crippen molar-refractivity contribution < 1.29 is 0 Å². The van der Waals surface area contributed by atoms with Crippen LogP contribution in [0, 0.1) is 0 Å². The van der Waals surface area contributed by atoms with Crippen molar-refractivity contribution in [2.24, 2.45) is 0 Å². The monoisotopic (exact) mass is 195 g/mol. The second-order valence-electron chi connectivity index (χ2n) is 4.24. The van der Waals surface area contributed by atoms with Crippen LogP contribution in [0.15, 0.2) is 23.1 Å². The Bertz CT molecular complexity index is 299. The molecule has 0 aliphatic rings. The van der Waals surface area contributed by atoms with E-state index in [1.54, 1.807) is 11.8 Å². The molecule has 0 unspecified atom stereocenters. The smallest absolute Gasteiger partial charge is 0.0328 e. The zero-order valence-corrected chi connectivity index (χ0v) is 9.53. The molecule has 0 heterocycles. The number of anilines is 1. The van der Waals surface area contributed by atoms with E-state index in [2.05, 4.69) is 39.2 Å². The van der Waals surface area contributed by atoms with Crippen LogP contribution in [-0.4, -0.2) is 6.26 Å². The molecule has 0 aliphatic carbocycles. The van der Waals surface area contributed by atoms with Gasteiger partial charge in [-0.05, 0) is 35.4 Å². The van der Waals surface area contributed by atoms with E-state index >= 15 is 0 Å². The van der Waals surface area contributed by atoms with Crippen molar-refractivity contribution in [2.75, 3.05) is 12.0 Å². The summed E-state index contributed by atoms with van der Waals surface area (Å²) in [4.78, 5) is 1.24. The molecule has 1 aromatic rings. The third kappa shape index (κ3) is 2.66. The lowest BCUT2D eigenvalue weighted by Crippen LogP contribution is -2.11. The number of hydrogen-bond donors (Lipinski definition) is 1. The van der Waals surface area contributed by atoms with E-state index in [1.807, 2.05) is 6.07 Å². The highest BCUT2D eigenvalue weighted by Crippen LogP contribution is 2.28. The first-order valence-electron chi connectivity index (χ1n) is 4.38. The van der Waals surface area contributed by atoms with E-state index < -0.39 is 0 Å². The van der Waals surface area contributed by atoms with E-state index in [1.165, 1.54) is 10.5 Å².